The summed E-state index contributed by atoms with van der Waals surface area (Å²) in [4.78, 5) is 47.7. The van der Waals surface area contributed by atoms with Crippen molar-refractivity contribution < 1.29 is 19.1 Å². The summed E-state index contributed by atoms with van der Waals surface area (Å²) >= 11 is 0. The largest absolute Gasteiger partial charge is 0.443 e. The monoisotopic (exact) mass is 579 g/mol. The number of nitrogens with one attached hydrogen (secondary N) is 1. The van der Waals surface area contributed by atoms with Gasteiger partial charge in [0.15, 0.2) is 0 Å². The fraction of sp³-hybridized carbons (Fsp3) is 0.312. The number of carbonyl (C=O) groups excluding carboxylic acids is 3. The highest BCUT2D eigenvalue weighted by Gasteiger charge is 2.52. The number of carbonyl (C=O) groups is 3. The van der Waals surface area contributed by atoms with Gasteiger partial charge in [-0.1, -0.05) is 90.0 Å². The van der Waals surface area contributed by atoms with Gasteiger partial charge in [0, 0.05) is 23.1 Å². The van der Waals surface area contributed by atoms with Crippen molar-refractivity contribution in [1.82, 2.24) is 10.2 Å². The Kier molecular flexibility index (Phi) is 9.02. The van der Waals surface area contributed by atoms with Crippen LogP contribution in [0.4, 0.5) is 4.79 Å². The number of rotatable bonds is 9. The number of amides is 3. The van der Waals surface area contributed by atoms with Crippen LogP contribution in [-0.2, 0) is 33.9 Å². The Morgan fingerprint density at radius 1 is 0.953 bits per heavy atom. The number of azide groups is 1. The third-order valence-corrected chi connectivity index (χ3v) is 8.04. The molecule has 0 aromatic heterocycles. The molecule has 2 saturated heterocycles. The van der Waals surface area contributed by atoms with Gasteiger partial charge in [-0.25, -0.2) is 4.79 Å². The lowest BCUT2D eigenvalue weighted by molar-refractivity contribution is -0.148. The van der Waals surface area contributed by atoms with Gasteiger partial charge in [0.2, 0.25) is 11.8 Å². The van der Waals surface area contributed by atoms with E-state index in [0.29, 0.717) is 24.8 Å². The van der Waals surface area contributed by atoms with E-state index in [9.17, 15) is 19.9 Å². The standard InChI is InChI=1S/C32H33N7O4/c33-28(36-31(42)43-21-24-9-5-2-6-10-24)25-13-11-23(12-14-25)20-35-29(40)27-16-15-26-17-18-32(37-38-34,30(41)39(26)27)19-22-7-3-1-4-8-22/h1-14,26-27H,15-21H2,(H,35,40)(H2,33,36,42)/t26-,27-,32-/m0/s1. The SMILES string of the molecule is [N-]=[N+]=N[C@]1(Cc2ccccc2)CC[C@@H]2CC[C@@H](C(=O)NCc3ccc(/C(N)=N\C(=O)OCc4ccccc4)cc3)N2C1=O. The summed E-state index contributed by atoms with van der Waals surface area (Å²) < 4.78 is 5.15. The number of aliphatic imine (C=N–C) groups is 1. The minimum absolute atomic E-state index is 0.0215. The normalized spacial score (nSPS) is 21.4. The molecule has 3 aromatic carbocycles. The van der Waals surface area contributed by atoms with E-state index in [1.54, 1.807) is 29.2 Å². The number of amidine groups is 1. The first kappa shape index (κ1) is 29.3. The molecule has 3 atom stereocenters. The Hall–Kier alpha value is -5.15. The van der Waals surface area contributed by atoms with Gasteiger partial charge in [0.05, 0.1) is 0 Å². The molecule has 0 bridgehead atoms. The molecule has 2 aliphatic heterocycles. The molecule has 11 nitrogen and oxygen atoms in total. The summed E-state index contributed by atoms with van der Waals surface area (Å²) in [6.07, 6.45) is 1.90. The Morgan fingerprint density at radius 2 is 1.63 bits per heavy atom. The average molecular weight is 580 g/mol. The second kappa shape index (κ2) is 13.2. The Balaban J connectivity index is 1.18. The summed E-state index contributed by atoms with van der Waals surface area (Å²) in [7, 11) is 0. The maximum atomic E-state index is 13.8. The van der Waals surface area contributed by atoms with E-state index in [0.717, 1.165) is 23.1 Å². The molecule has 3 N–H and O–H groups in total. The topological polar surface area (TPSA) is 163 Å². The molecule has 0 radical (unpaired) electrons. The summed E-state index contributed by atoms with van der Waals surface area (Å²) in [6.45, 7) is 0.337. The molecule has 3 amide bonds. The number of nitrogens with zero attached hydrogens (tertiary/aromatic N) is 5. The molecular weight excluding hydrogens is 546 g/mol. The van der Waals surface area contributed by atoms with Crippen LogP contribution in [-0.4, -0.2) is 46.3 Å². The van der Waals surface area contributed by atoms with E-state index in [1.165, 1.54) is 0 Å². The van der Waals surface area contributed by atoms with E-state index in [-0.39, 0.29) is 43.3 Å². The van der Waals surface area contributed by atoms with E-state index in [1.807, 2.05) is 60.7 Å². The zero-order valence-corrected chi connectivity index (χ0v) is 23.6. The second-order valence-corrected chi connectivity index (χ2v) is 10.8. The molecule has 0 spiro atoms. The molecular formula is C32H33N7O4. The van der Waals surface area contributed by atoms with Crippen LogP contribution >= 0.6 is 0 Å². The quantitative estimate of drug-likeness (QED) is 0.122. The smallest absolute Gasteiger partial charge is 0.435 e. The third kappa shape index (κ3) is 6.85. The van der Waals surface area contributed by atoms with Crippen LogP contribution in [0.15, 0.2) is 95.0 Å². The zero-order chi connectivity index (χ0) is 30.2. The Bertz CT molecular complexity index is 1540. The molecule has 5 rings (SSSR count). The number of hydrogen-bond acceptors (Lipinski definition) is 5. The van der Waals surface area contributed by atoms with Crippen molar-refractivity contribution in [1.29, 1.82) is 0 Å². The highest BCUT2D eigenvalue weighted by Crippen LogP contribution is 2.40. The van der Waals surface area contributed by atoms with Gasteiger partial charge < -0.3 is 20.7 Å². The Morgan fingerprint density at radius 3 is 2.30 bits per heavy atom. The van der Waals surface area contributed by atoms with Crippen LogP contribution in [0, 0.1) is 0 Å². The number of benzene rings is 3. The fourth-order valence-electron chi connectivity index (χ4n) is 5.81. The Labute approximate surface area is 249 Å². The average Bonchev–Trinajstić information content (AvgIpc) is 3.47. The molecule has 2 aliphatic rings. The summed E-state index contributed by atoms with van der Waals surface area (Å²) in [5.74, 6) is -0.517. The lowest BCUT2D eigenvalue weighted by Crippen LogP contribution is -2.60. The first-order valence-electron chi connectivity index (χ1n) is 14.2. The van der Waals surface area contributed by atoms with Crippen molar-refractivity contribution in [2.24, 2.45) is 15.8 Å². The molecule has 0 aliphatic carbocycles. The van der Waals surface area contributed by atoms with Crippen LogP contribution in [0.5, 0.6) is 0 Å². The molecule has 0 saturated carbocycles. The number of piperidine rings is 1. The van der Waals surface area contributed by atoms with Gasteiger partial charge in [-0.15, -0.1) is 0 Å². The van der Waals surface area contributed by atoms with E-state index in [4.69, 9.17) is 10.5 Å². The second-order valence-electron chi connectivity index (χ2n) is 10.8. The van der Waals surface area contributed by atoms with Crippen molar-refractivity contribution in [3.05, 3.63) is 118 Å². The van der Waals surface area contributed by atoms with Crippen LogP contribution < -0.4 is 11.1 Å². The number of nitrogens with two attached hydrogens (primary N) is 1. The van der Waals surface area contributed by atoms with Crippen molar-refractivity contribution in [2.45, 2.75) is 62.9 Å². The van der Waals surface area contributed by atoms with E-state index < -0.39 is 17.7 Å². The molecule has 220 valence electrons. The molecule has 11 heteroatoms. The van der Waals surface area contributed by atoms with E-state index in [2.05, 4.69) is 20.3 Å². The van der Waals surface area contributed by atoms with Gasteiger partial charge >= 0.3 is 6.09 Å². The summed E-state index contributed by atoms with van der Waals surface area (Å²) in [5, 5.41) is 6.96. The highest BCUT2D eigenvalue weighted by atomic mass is 16.5. The van der Waals surface area contributed by atoms with Crippen molar-refractivity contribution in [3.8, 4) is 0 Å². The minimum atomic E-state index is -1.25. The van der Waals surface area contributed by atoms with Crippen molar-refractivity contribution in [2.75, 3.05) is 0 Å². The van der Waals surface area contributed by atoms with Crippen molar-refractivity contribution in [3.63, 3.8) is 0 Å². The minimum Gasteiger partial charge on any atom is -0.443 e. The first-order valence-corrected chi connectivity index (χ1v) is 14.2. The molecule has 43 heavy (non-hydrogen) atoms. The van der Waals surface area contributed by atoms with E-state index >= 15 is 0 Å². The number of ether oxygens (including phenoxy) is 1. The lowest BCUT2D eigenvalue weighted by atomic mass is 9.81. The molecule has 2 heterocycles. The van der Waals surface area contributed by atoms with Gasteiger partial charge in [-0.3, -0.25) is 9.59 Å². The van der Waals surface area contributed by atoms with Gasteiger partial charge in [0.25, 0.3) is 0 Å². The first-order chi connectivity index (χ1) is 20.9. The van der Waals surface area contributed by atoms with Crippen LogP contribution in [0.25, 0.3) is 10.4 Å². The predicted molar refractivity (Wildman–Crippen MR) is 161 cm³/mol. The summed E-state index contributed by atoms with van der Waals surface area (Å²) in [6, 6.07) is 25.0. The number of fused-ring (bicyclic) bond motifs is 1. The lowest BCUT2D eigenvalue weighted by Gasteiger charge is -2.42. The summed E-state index contributed by atoms with van der Waals surface area (Å²) in [5.41, 5.74) is 17.2. The predicted octanol–water partition coefficient (Wildman–Crippen LogP) is 4.79. The van der Waals surface area contributed by atoms with Gasteiger partial charge in [-0.2, -0.15) is 4.99 Å². The highest BCUT2D eigenvalue weighted by molar-refractivity contribution is 6.02. The fourth-order valence-corrected chi connectivity index (χ4v) is 5.81. The van der Waals surface area contributed by atoms with Crippen LogP contribution in [0.3, 0.4) is 0 Å². The zero-order valence-electron chi connectivity index (χ0n) is 23.6. The number of hydrogen-bond donors (Lipinski definition) is 2. The van der Waals surface area contributed by atoms with Crippen molar-refractivity contribution >= 4 is 23.7 Å². The van der Waals surface area contributed by atoms with Crippen LogP contribution in [0.1, 0.15) is 47.9 Å². The van der Waals surface area contributed by atoms with Crippen LogP contribution in [0.2, 0.25) is 0 Å². The maximum Gasteiger partial charge on any atom is 0.435 e. The molecule has 2 fully saturated rings. The molecule has 3 aromatic rings. The third-order valence-electron chi connectivity index (χ3n) is 8.04. The van der Waals surface area contributed by atoms with Gasteiger partial charge in [0.1, 0.15) is 24.0 Å². The molecule has 0 unspecified atom stereocenters. The maximum absolute atomic E-state index is 13.8. The van der Waals surface area contributed by atoms with Gasteiger partial charge in [-0.05, 0) is 54.3 Å².